The van der Waals surface area contributed by atoms with Crippen molar-refractivity contribution >= 4 is 40.9 Å². The number of carbonyl (C=O) groups excluding carboxylic acids is 4. The largest absolute Gasteiger partial charge is 0.466 e. The highest BCUT2D eigenvalue weighted by atomic mass is 35.5. The van der Waals surface area contributed by atoms with E-state index in [-0.39, 0.29) is 6.61 Å². The number of hydrogen-bond donors (Lipinski definition) is 2. The Bertz CT molecular complexity index is 675. The summed E-state index contributed by atoms with van der Waals surface area (Å²) in [6.07, 6.45) is 0. The predicted molar refractivity (Wildman–Crippen MR) is 97.7 cm³/mol. The van der Waals surface area contributed by atoms with Crippen LogP contribution in [0.3, 0.4) is 0 Å². The number of hydrogen-bond acceptors (Lipinski definition) is 5. The van der Waals surface area contributed by atoms with Gasteiger partial charge in [0.25, 0.3) is 0 Å². The number of ketones is 1. The van der Waals surface area contributed by atoms with Gasteiger partial charge < -0.3 is 15.4 Å². The molecule has 2 amide bonds. The van der Waals surface area contributed by atoms with Gasteiger partial charge in [-0.3, -0.25) is 19.2 Å². The fourth-order valence-electron chi connectivity index (χ4n) is 2.51. The quantitative estimate of drug-likeness (QED) is 0.530. The molecule has 1 aromatic rings. The van der Waals surface area contributed by atoms with Crippen LogP contribution in [0.1, 0.15) is 27.7 Å². The van der Waals surface area contributed by atoms with E-state index < -0.39 is 41.4 Å². The average molecular weight is 383 g/mol. The van der Waals surface area contributed by atoms with Gasteiger partial charge in [-0.2, -0.15) is 0 Å². The lowest BCUT2D eigenvalue weighted by atomic mass is 9.85. The van der Waals surface area contributed by atoms with Crippen LogP contribution in [0.25, 0.3) is 0 Å². The van der Waals surface area contributed by atoms with Crippen LogP contribution < -0.4 is 10.6 Å². The summed E-state index contributed by atoms with van der Waals surface area (Å²) in [7, 11) is 0. The highest BCUT2D eigenvalue weighted by Gasteiger charge is 2.39. The van der Waals surface area contributed by atoms with E-state index in [0.29, 0.717) is 10.7 Å². The molecule has 1 aromatic carbocycles. The maximum atomic E-state index is 12.7. The van der Waals surface area contributed by atoms with E-state index >= 15 is 0 Å². The van der Waals surface area contributed by atoms with Gasteiger partial charge in [-0.05, 0) is 45.0 Å². The van der Waals surface area contributed by atoms with E-state index in [4.69, 9.17) is 16.3 Å². The summed E-state index contributed by atoms with van der Waals surface area (Å²) in [5, 5.41) is 5.64. The Morgan fingerprint density at radius 2 is 1.69 bits per heavy atom. The van der Waals surface area contributed by atoms with Gasteiger partial charge in [0.15, 0.2) is 0 Å². The minimum Gasteiger partial charge on any atom is -0.466 e. The number of esters is 1. The van der Waals surface area contributed by atoms with Crippen molar-refractivity contribution in [3.05, 3.63) is 29.3 Å². The minimum absolute atomic E-state index is 0.150. The molecule has 0 saturated heterocycles. The predicted octanol–water partition coefficient (Wildman–Crippen LogP) is 2.19. The molecule has 0 bridgehead atoms. The molecule has 2 N–H and O–H groups in total. The molecule has 0 heterocycles. The Balaban J connectivity index is 3.11. The third-order valence-electron chi connectivity index (χ3n) is 3.76. The SMILES string of the molecule is CCOC(=O)C(C)C(NC(C)=O)C(C(C)=O)C(=O)Nc1ccc(Cl)cc1. The van der Waals surface area contributed by atoms with Gasteiger partial charge in [0.1, 0.15) is 11.7 Å². The second kappa shape index (κ2) is 9.91. The molecule has 0 aromatic heterocycles. The topological polar surface area (TPSA) is 102 Å². The average Bonchev–Trinajstić information content (AvgIpc) is 2.55. The first-order valence-corrected chi connectivity index (χ1v) is 8.55. The van der Waals surface area contributed by atoms with E-state index in [2.05, 4.69) is 10.6 Å². The van der Waals surface area contributed by atoms with Crippen molar-refractivity contribution in [2.45, 2.75) is 33.7 Å². The van der Waals surface area contributed by atoms with Crippen LogP contribution in [0.5, 0.6) is 0 Å². The van der Waals surface area contributed by atoms with Crippen molar-refractivity contribution in [3.63, 3.8) is 0 Å². The zero-order valence-electron chi connectivity index (χ0n) is 15.2. The van der Waals surface area contributed by atoms with E-state index in [1.165, 1.54) is 20.8 Å². The number of ether oxygens (including phenoxy) is 1. The summed E-state index contributed by atoms with van der Waals surface area (Å²) < 4.78 is 4.96. The summed E-state index contributed by atoms with van der Waals surface area (Å²) in [6.45, 7) is 5.79. The second-order valence-electron chi connectivity index (χ2n) is 5.85. The van der Waals surface area contributed by atoms with Gasteiger partial charge >= 0.3 is 5.97 Å². The third kappa shape index (κ3) is 6.15. The van der Waals surface area contributed by atoms with Crippen LogP contribution in [-0.2, 0) is 23.9 Å². The van der Waals surface area contributed by atoms with Gasteiger partial charge in [-0.15, -0.1) is 0 Å². The number of anilines is 1. The maximum Gasteiger partial charge on any atom is 0.310 e. The van der Waals surface area contributed by atoms with Crippen molar-refractivity contribution in [1.29, 1.82) is 0 Å². The number of carbonyl (C=O) groups is 4. The Morgan fingerprint density at radius 1 is 1.12 bits per heavy atom. The second-order valence-corrected chi connectivity index (χ2v) is 6.29. The minimum atomic E-state index is -1.26. The zero-order chi connectivity index (χ0) is 19.9. The van der Waals surface area contributed by atoms with Crippen molar-refractivity contribution < 1.29 is 23.9 Å². The molecule has 3 unspecified atom stereocenters. The highest BCUT2D eigenvalue weighted by Crippen LogP contribution is 2.20. The summed E-state index contributed by atoms with van der Waals surface area (Å²) in [4.78, 5) is 48.5. The van der Waals surface area contributed by atoms with Gasteiger partial charge in [-0.1, -0.05) is 11.6 Å². The van der Waals surface area contributed by atoms with Crippen molar-refractivity contribution in [2.75, 3.05) is 11.9 Å². The molecule has 8 heteroatoms. The monoisotopic (exact) mass is 382 g/mol. The first-order valence-electron chi connectivity index (χ1n) is 8.18. The van der Waals surface area contributed by atoms with Crippen LogP contribution in [0.4, 0.5) is 5.69 Å². The van der Waals surface area contributed by atoms with Crippen LogP contribution in [-0.4, -0.2) is 36.2 Å². The third-order valence-corrected chi connectivity index (χ3v) is 4.01. The summed E-state index contributed by atoms with van der Waals surface area (Å²) in [6, 6.07) is 5.31. The van der Waals surface area contributed by atoms with E-state index in [9.17, 15) is 19.2 Å². The lowest BCUT2D eigenvalue weighted by molar-refractivity contribution is -0.149. The number of benzene rings is 1. The van der Waals surface area contributed by atoms with Crippen molar-refractivity contribution in [1.82, 2.24) is 5.32 Å². The van der Waals surface area contributed by atoms with Crippen LogP contribution >= 0.6 is 11.6 Å². The van der Waals surface area contributed by atoms with Crippen LogP contribution in [0, 0.1) is 11.8 Å². The molecule has 0 saturated carbocycles. The molecule has 7 nitrogen and oxygen atoms in total. The Hall–Kier alpha value is -2.41. The number of amides is 2. The molecule has 3 atom stereocenters. The summed E-state index contributed by atoms with van der Waals surface area (Å²) in [5.41, 5.74) is 0.441. The number of nitrogens with one attached hydrogen (secondary N) is 2. The standard InChI is InChI=1S/C18H23ClN2O5/c1-5-26-18(25)10(2)16(20-12(4)23)15(11(3)22)17(24)21-14-8-6-13(19)7-9-14/h6-10,15-16H,5H2,1-4H3,(H,20,23)(H,21,24). The molecular formula is C18H23ClN2O5. The van der Waals surface area contributed by atoms with E-state index in [1.54, 1.807) is 31.2 Å². The first kappa shape index (κ1) is 21.6. The molecular weight excluding hydrogens is 360 g/mol. The van der Waals surface area contributed by atoms with Crippen LogP contribution in [0.15, 0.2) is 24.3 Å². The Labute approximate surface area is 157 Å². The van der Waals surface area contributed by atoms with Gasteiger partial charge in [0.2, 0.25) is 11.8 Å². The van der Waals surface area contributed by atoms with Crippen molar-refractivity contribution in [3.8, 4) is 0 Å². The van der Waals surface area contributed by atoms with Crippen molar-refractivity contribution in [2.24, 2.45) is 11.8 Å². The van der Waals surface area contributed by atoms with Crippen LogP contribution in [0.2, 0.25) is 5.02 Å². The molecule has 0 aliphatic heterocycles. The highest BCUT2D eigenvalue weighted by molar-refractivity contribution is 6.30. The first-order chi connectivity index (χ1) is 12.2. The molecule has 0 aliphatic carbocycles. The molecule has 0 spiro atoms. The molecule has 0 radical (unpaired) electrons. The lowest BCUT2D eigenvalue weighted by Crippen LogP contribution is -2.52. The molecule has 26 heavy (non-hydrogen) atoms. The molecule has 0 aliphatic rings. The fraction of sp³-hybridized carbons (Fsp3) is 0.444. The number of Topliss-reactive ketones (excluding diaryl/α,β-unsaturated/α-hetero) is 1. The normalized spacial score (nSPS) is 13.9. The number of rotatable bonds is 8. The molecule has 0 fully saturated rings. The van der Waals surface area contributed by atoms with Gasteiger partial charge in [0.05, 0.1) is 18.6 Å². The fourth-order valence-corrected chi connectivity index (χ4v) is 2.63. The van der Waals surface area contributed by atoms with Gasteiger partial charge in [-0.25, -0.2) is 0 Å². The Kier molecular flexibility index (Phi) is 8.25. The molecule has 142 valence electrons. The Morgan fingerprint density at radius 3 is 2.15 bits per heavy atom. The lowest BCUT2D eigenvalue weighted by Gasteiger charge is -2.29. The summed E-state index contributed by atoms with van der Waals surface area (Å²) in [5.74, 6) is -4.31. The van der Waals surface area contributed by atoms with Gasteiger partial charge in [0, 0.05) is 17.6 Å². The zero-order valence-corrected chi connectivity index (χ0v) is 15.9. The summed E-state index contributed by atoms with van der Waals surface area (Å²) >= 11 is 5.81. The maximum absolute atomic E-state index is 12.7. The van der Waals surface area contributed by atoms with E-state index in [0.717, 1.165) is 0 Å². The molecule has 1 rings (SSSR count). The van der Waals surface area contributed by atoms with E-state index in [1.807, 2.05) is 0 Å². The smallest absolute Gasteiger partial charge is 0.310 e. The number of halogens is 1.